The first kappa shape index (κ1) is 23.4. The monoisotopic (exact) mass is 456 g/mol. The summed E-state index contributed by atoms with van der Waals surface area (Å²) in [7, 11) is 5.61. The predicted octanol–water partition coefficient (Wildman–Crippen LogP) is 4.30. The number of anilines is 2. The number of pyridine rings is 2. The Bertz CT molecular complexity index is 1150. The average molecular weight is 457 g/mol. The highest BCUT2D eigenvalue weighted by Gasteiger charge is 2.25. The van der Waals surface area contributed by atoms with Crippen molar-refractivity contribution in [1.82, 2.24) is 19.9 Å². The SMILES string of the molecule is C=Cc1c(-c2ccc(N)nc2)ccnc1N(C)N1CCC(c2ccc(C(=O)N(C)C)cc2)CC1. The van der Waals surface area contributed by atoms with Crippen LogP contribution in [-0.4, -0.2) is 60.0 Å². The molecule has 1 amide bonds. The van der Waals surface area contributed by atoms with Gasteiger partial charge in [-0.15, -0.1) is 0 Å². The summed E-state index contributed by atoms with van der Waals surface area (Å²) in [6.45, 7) is 5.89. The number of aromatic nitrogens is 2. The van der Waals surface area contributed by atoms with Gasteiger partial charge in [-0.05, 0) is 60.2 Å². The van der Waals surface area contributed by atoms with Gasteiger partial charge in [0.2, 0.25) is 0 Å². The molecule has 4 rings (SSSR count). The van der Waals surface area contributed by atoms with Crippen LogP contribution in [0.2, 0.25) is 0 Å². The van der Waals surface area contributed by atoms with E-state index in [0.717, 1.165) is 54.0 Å². The molecular weight excluding hydrogens is 424 g/mol. The van der Waals surface area contributed by atoms with Crippen LogP contribution in [0.5, 0.6) is 0 Å². The number of carbonyl (C=O) groups excluding carboxylic acids is 1. The molecule has 2 aromatic heterocycles. The maximum Gasteiger partial charge on any atom is 0.253 e. The number of piperidine rings is 1. The summed E-state index contributed by atoms with van der Waals surface area (Å²) >= 11 is 0. The second-order valence-electron chi connectivity index (χ2n) is 8.84. The molecule has 176 valence electrons. The number of nitrogen functional groups attached to an aromatic ring is 1. The Labute approximate surface area is 201 Å². The van der Waals surface area contributed by atoms with E-state index in [1.165, 1.54) is 5.56 Å². The summed E-state index contributed by atoms with van der Waals surface area (Å²) in [4.78, 5) is 22.7. The molecule has 2 N–H and O–H groups in total. The fourth-order valence-electron chi connectivity index (χ4n) is 4.53. The minimum Gasteiger partial charge on any atom is -0.384 e. The molecule has 0 aliphatic carbocycles. The number of rotatable bonds is 6. The molecule has 1 aliphatic rings. The molecule has 0 radical (unpaired) electrons. The highest BCUT2D eigenvalue weighted by atomic mass is 16.2. The van der Waals surface area contributed by atoms with Crippen LogP contribution in [0.25, 0.3) is 17.2 Å². The number of carbonyl (C=O) groups is 1. The summed E-state index contributed by atoms with van der Waals surface area (Å²) in [5.41, 5.74) is 10.8. The second-order valence-corrected chi connectivity index (χ2v) is 8.84. The van der Waals surface area contributed by atoms with E-state index >= 15 is 0 Å². The van der Waals surface area contributed by atoms with E-state index in [1.54, 1.807) is 31.3 Å². The third-order valence-corrected chi connectivity index (χ3v) is 6.51. The van der Waals surface area contributed by atoms with Gasteiger partial charge in [-0.25, -0.2) is 15.0 Å². The lowest BCUT2D eigenvalue weighted by atomic mass is 9.89. The molecule has 0 unspecified atom stereocenters. The van der Waals surface area contributed by atoms with Gasteiger partial charge in [0.05, 0.1) is 0 Å². The molecule has 7 heteroatoms. The first-order valence-electron chi connectivity index (χ1n) is 11.5. The molecule has 0 bridgehead atoms. The van der Waals surface area contributed by atoms with E-state index < -0.39 is 0 Å². The Morgan fingerprint density at radius 3 is 2.35 bits per heavy atom. The third kappa shape index (κ3) is 4.79. The summed E-state index contributed by atoms with van der Waals surface area (Å²) < 4.78 is 0. The van der Waals surface area contributed by atoms with Crippen molar-refractivity contribution < 1.29 is 4.79 Å². The zero-order valence-electron chi connectivity index (χ0n) is 20.1. The minimum absolute atomic E-state index is 0.0329. The van der Waals surface area contributed by atoms with Crippen molar-refractivity contribution in [3.8, 4) is 11.1 Å². The molecule has 1 fully saturated rings. The lowest BCUT2D eigenvalue weighted by molar-refractivity contribution is 0.0827. The molecule has 1 aromatic carbocycles. The standard InChI is InChI=1S/C27H32N6O/c1-5-23-24(22-10-11-25(28)30-18-22)12-15-29-26(23)32(4)33-16-13-20(14-17-33)19-6-8-21(9-7-19)27(34)31(2)3/h5-12,15,18,20H,1,13-14,16-17H2,2-4H3,(H2,28,30). The van der Waals surface area contributed by atoms with Gasteiger partial charge in [0.1, 0.15) is 5.82 Å². The molecule has 1 aliphatic heterocycles. The Balaban J connectivity index is 1.47. The topological polar surface area (TPSA) is 78.6 Å². The minimum atomic E-state index is 0.0329. The molecule has 3 heterocycles. The van der Waals surface area contributed by atoms with Crippen molar-refractivity contribution in [2.75, 3.05) is 45.0 Å². The van der Waals surface area contributed by atoms with Gasteiger partial charge in [-0.3, -0.25) is 9.80 Å². The zero-order valence-corrected chi connectivity index (χ0v) is 20.1. The first-order chi connectivity index (χ1) is 16.4. The van der Waals surface area contributed by atoms with E-state index in [1.807, 2.05) is 36.5 Å². The van der Waals surface area contributed by atoms with E-state index in [4.69, 9.17) is 5.73 Å². The Morgan fingerprint density at radius 2 is 1.76 bits per heavy atom. The molecule has 34 heavy (non-hydrogen) atoms. The van der Waals surface area contributed by atoms with Crippen molar-refractivity contribution in [3.63, 3.8) is 0 Å². The first-order valence-corrected chi connectivity index (χ1v) is 11.5. The molecule has 7 nitrogen and oxygen atoms in total. The van der Waals surface area contributed by atoms with Crippen LogP contribution in [0, 0.1) is 0 Å². The van der Waals surface area contributed by atoms with E-state index in [9.17, 15) is 4.79 Å². The van der Waals surface area contributed by atoms with Gasteiger partial charge in [0.15, 0.2) is 5.82 Å². The third-order valence-electron chi connectivity index (χ3n) is 6.51. The van der Waals surface area contributed by atoms with Crippen LogP contribution >= 0.6 is 0 Å². The molecule has 0 atom stereocenters. The van der Waals surface area contributed by atoms with Crippen LogP contribution in [0.15, 0.2) is 61.4 Å². The quantitative estimate of drug-likeness (QED) is 0.596. The maximum absolute atomic E-state index is 12.2. The van der Waals surface area contributed by atoms with Crippen molar-refractivity contribution >= 4 is 23.6 Å². The molecule has 3 aromatic rings. The zero-order chi connectivity index (χ0) is 24.2. The van der Waals surface area contributed by atoms with Crippen molar-refractivity contribution in [2.24, 2.45) is 0 Å². The van der Waals surface area contributed by atoms with Gasteiger partial charge in [-0.1, -0.05) is 24.8 Å². The Morgan fingerprint density at radius 1 is 1.06 bits per heavy atom. The van der Waals surface area contributed by atoms with E-state index in [-0.39, 0.29) is 5.91 Å². The number of hydrazine groups is 1. The van der Waals surface area contributed by atoms with Crippen LogP contribution in [-0.2, 0) is 0 Å². The van der Waals surface area contributed by atoms with Crippen molar-refractivity contribution in [2.45, 2.75) is 18.8 Å². The normalized spacial score (nSPS) is 14.6. The number of benzene rings is 1. The fraction of sp³-hybridized carbons (Fsp3) is 0.296. The fourth-order valence-corrected chi connectivity index (χ4v) is 4.53. The van der Waals surface area contributed by atoms with Gasteiger partial charge >= 0.3 is 0 Å². The molecule has 0 spiro atoms. The van der Waals surface area contributed by atoms with Crippen LogP contribution < -0.4 is 10.7 Å². The number of hydrogen-bond acceptors (Lipinski definition) is 6. The number of amides is 1. The Kier molecular flexibility index (Phi) is 6.93. The second kappa shape index (κ2) is 10.1. The highest BCUT2D eigenvalue weighted by Crippen LogP contribution is 2.33. The Hall–Kier alpha value is -3.71. The number of nitrogens with two attached hydrogens (primary N) is 1. The van der Waals surface area contributed by atoms with Crippen LogP contribution in [0.4, 0.5) is 11.6 Å². The predicted molar refractivity (Wildman–Crippen MR) is 138 cm³/mol. The van der Waals surface area contributed by atoms with Crippen molar-refractivity contribution in [1.29, 1.82) is 0 Å². The van der Waals surface area contributed by atoms with Gasteiger partial charge < -0.3 is 10.6 Å². The molecule has 1 saturated heterocycles. The van der Waals surface area contributed by atoms with Gasteiger partial charge in [0.25, 0.3) is 5.91 Å². The van der Waals surface area contributed by atoms with Crippen LogP contribution in [0.1, 0.15) is 40.2 Å². The summed E-state index contributed by atoms with van der Waals surface area (Å²) in [6, 6.07) is 13.8. The van der Waals surface area contributed by atoms with E-state index in [2.05, 4.69) is 45.7 Å². The number of nitrogens with zero attached hydrogens (tertiary/aromatic N) is 5. The highest BCUT2D eigenvalue weighted by molar-refractivity contribution is 5.93. The molecule has 0 saturated carbocycles. The van der Waals surface area contributed by atoms with Crippen molar-refractivity contribution in [3.05, 3.63) is 78.1 Å². The van der Waals surface area contributed by atoms with E-state index in [0.29, 0.717) is 11.7 Å². The summed E-state index contributed by atoms with van der Waals surface area (Å²) in [5.74, 6) is 1.88. The van der Waals surface area contributed by atoms with Gasteiger partial charge in [0, 0.05) is 63.3 Å². The average Bonchev–Trinajstić information content (AvgIpc) is 2.88. The lowest BCUT2D eigenvalue weighted by Gasteiger charge is -2.39. The smallest absolute Gasteiger partial charge is 0.253 e. The van der Waals surface area contributed by atoms with Crippen LogP contribution in [0.3, 0.4) is 0 Å². The lowest BCUT2D eigenvalue weighted by Crippen LogP contribution is -2.45. The molecular formula is C27H32N6O. The number of hydrogen-bond donors (Lipinski definition) is 1. The largest absolute Gasteiger partial charge is 0.384 e. The van der Waals surface area contributed by atoms with Gasteiger partial charge in [-0.2, -0.15) is 0 Å². The maximum atomic E-state index is 12.2. The summed E-state index contributed by atoms with van der Waals surface area (Å²) in [6.07, 6.45) is 7.54. The summed E-state index contributed by atoms with van der Waals surface area (Å²) in [5, 5.41) is 4.47.